The van der Waals surface area contributed by atoms with Crippen molar-refractivity contribution in [2.75, 3.05) is 0 Å². The van der Waals surface area contributed by atoms with Crippen LogP contribution in [0.5, 0.6) is 0 Å². The highest BCUT2D eigenvalue weighted by atomic mass is 27.2. The van der Waals surface area contributed by atoms with Crippen molar-refractivity contribution < 1.29 is 7.78 Å². The van der Waals surface area contributed by atoms with Crippen molar-refractivity contribution in [2.24, 2.45) is 10.3 Å². The maximum Gasteiger partial charge on any atom is 0.588 e. The van der Waals surface area contributed by atoms with Crippen molar-refractivity contribution >= 4 is 40.4 Å². The Bertz CT molecular complexity index is 433. The molecule has 0 N–H and O–H groups in total. The molecule has 0 unspecified atom stereocenters. The first-order chi connectivity index (χ1) is 12.1. The van der Waals surface area contributed by atoms with E-state index in [0.717, 1.165) is 11.4 Å². The number of rotatable bonds is 4. The van der Waals surface area contributed by atoms with Gasteiger partial charge in [-0.05, 0) is 44.8 Å². The smallest absolute Gasteiger partial charge is 0.543 e. The van der Waals surface area contributed by atoms with Crippen molar-refractivity contribution in [3.63, 3.8) is 0 Å². The fourth-order valence-corrected chi connectivity index (χ4v) is 10.6. The summed E-state index contributed by atoms with van der Waals surface area (Å²) in [6.07, 6.45) is 0. The van der Waals surface area contributed by atoms with Crippen LogP contribution >= 0.6 is 0 Å². The van der Waals surface area contributed by atoms with Gasteiger partial charge in [0.25, 0.3) is 0 Å². The van der Waals surface area contributed by atoms with Crippen LogP contribution in [0.15, 0.2) is 10.3 Å². The number of hydrogen-bond acceptors (Lipinski definition) is 4. The molecule has 0 heterocycles. The molecule has 0 aliphatic carbocycles. The van der Waals surface area contributed by atoms with Crippen LogP contribution < -0.4 is 0 Å². The van der Waals surface area contributed by atoms with Crippen molar-refractivity contribution in [1.29, 1.82) is 0 Å². The fraction of sp³-hybridized carbons (Fsp3) is 0.909. The van der Waals surface area contributed by atoms with Crippen LogP contribution in [-0.2, 0) is 7.78 Å². The SMILES string of the molecule is CC(C)=N[O][Al]([C](C)(C)C)[C](C)(C)C.CC(C)=N[O][Al]([C](C)(C)C)[C](C)(C)C. The molecule has 0 bridgehead atoms. The quantitative estimate of drug-likeness (QED) is 0.260. The van der Waals surface area contributed by atoms with Gasteiger partial charge in [-0.3, -0.25) is 0 Å². The molecule has 0 aromatic carbocycles. The Morgan fingerprint density at radius 2 is 0.643 bits per heavy atom. The van der Waals surface area contributed by atoms with Gasteiger partial charge in [0.1, 0.15) is 0 Å². The van der Waals surface area contributed by atoms with E-state index in [2.05, 4.69) is 93.4 Å². The predicted molar refractivity (Wildman–Crippen MR) is 130 cm³/mol. The molecule has 0 spiro atoms. The molecule has 0 aromatic rings. The van der Waals surface area contributed by atoms with Crippen LogP contribution in [0.1, 0.15) is 111 Å². The average Bonchev–Trinajstić information content (AvgIpc) is 2.31. The van der Waals surface area contributed by atoms with Crippen LogP contribution in [0.25, 0.3) is 0 Å². The normalized spacial score (nSPS) is 12.3. The minimum atomic E-state index is -1.35. The lowest BCUT2D eigenvalue weighted by molar-refractivity contribution is 0.300. The Hall–Kier alpha value is 0.00494. The third kappa shape index (κ3) is 14.1. The lowest BCUT2D eigenvalue weighted by Gasteiger charge is -2.32. The van der Waals surface area contributed by atoms with Gasteiger partial charge in [0, 0.05) is 11.4 Å². The van der Waals surface area contributed by atoms with Crippen LogP contribution in [0.4, 0.5) is 0 Å². The zero-order valence-electron chi connectivity index (χ0n) is 21.9. The molecule has 0 saturated heterocycles. The van der Waals surface area contributed by atoms with Gasteiger partial charge in [-0.15, -0.1) is 10.3 Å². The summed E-state index contributed by atoms with van der Waals surface area (Å²) in [7, 11) is 0. The maximum atomic E-state index is 5.76. The number of hydrogen-bond donors (Lipinski definition) is 0. The van der Waals surface area contributed by atoms with Gasteiger partial charge in [0.15, 0.2) is 0 Å². The zero-order valence-corrected chi connectivity index (χ0v) is 24.2. The highest BCUT2D eigenvalue weighted by Gasteiger charge is 2.49. The largest absolute Gasteiger partial charge is 0.588 e. The van der Waals surface area contributed by atoms with Crippen LogP contribution in [0.2, 0.25) is 17.1 Å². The lowest BCUT2D eigenvalue weighted by atomic mass is 10.2. The Morgan fingerprint density at radius 1 is 0.464 bits per heavy atom. The van der Waals surface area contributed by atoms with E-state index in [1.54, 1.807) is 0 Å². The molecule has 0 radical (unpaired) electrons. The molecular formula is C22H48Al2N2O2. The third-order valence-electron chi connectivity index (χ3n) is 3.83. The maximum absolute atomic E-state index is 5.76. The second-order valence-corrected chi connectivity index (χ2v) is 21.4. The summed E-state index contributed by atoms with van der Waals surface area (Å²) < 4.78 is 12.5. The molecule has 164 valence electrons. The fourth-order valence-electron chi connectivity index (χ4n) is 3.55. The topological polar surface area (TPSA) is 43.2 Å². The summed E-state index contributed by atoms with van der Waals surface area (Å²) >= 11 is -2.71. The zero-order chi connectivity index (χ0) is 23.1. The second-order valence-electron chi connectivity index (χ2n) is 12.5. The van der Waals surface area contributed by atoms with E-state index in [1.807, 2.05) is 27.7 Å². The van der Waals surface area contributed by atoms with E-state index in [4.69, 9.17) is 7.78 Å². The molecule has 4 nitrogen and oxygen atoms in total. The van der Waals surface area contributed by atoms with Gasteiger partial charge < -0.3 is 7.78 Å². The molecule has 0 fully saturated rings. The average molecular weight is 427 g/mol. The summed E-state index contributed by atoms with van der Waals surface area (Å²) in [5.41, 5.74) is 1.99. The summed E-state index contributed by atoms with van der Waals surface area (Å²) in [5, 5.41) is 8.27. The standard InChI is InChI=1S/4C4H9.2C3H7NO.2Al/c4*1-4(2)3;2*1-3(2)4-5;;/h4*1-3H3;2*5H,1-2H3;;/q;;;;;;2*+1/p-2. The Balaban J connectivity index is 0. The minimum absolute atomic E-state index is 0.247. The monoisotopic (exact) mass is 426 g/mol. The molecule has 0 rings (SSSR count). The van der Waals surface area contributed by atoms with Gasteiger partial charge in [-0.25, -0.2) is 0 Å². The molecule has 0 aromatic heterocycles. The van der Waals surface area contributed by atoms with Gasteiger partial charge in [-0.2, -0.15) is 0 Å². The Labute approximate surface area is 186 Å². The first-order valence-corrected chi connectivity index (χ1v) is 13.7. The summed E-state index contributed by atoms with van der Waals surface area (Å²) in [6, 6.07) is 0. The van der Waals surface area contributed by atoms with Crippen molar-refractivity contribution in [2.45, 2.75) is 128 Å². The first-order valence-electron chi connectivity index (χ1n) is 10.4. The van der Waals surface area contributed by atoms with Crippen LogP contribution in [0, 0.1) is 0 Å². The van der Waals surface area contributed by atoms with Gasteiger partial charge in [0.2, 0.25) is 0 Å². The number of nitrogens with zero attached hydrogens (tertiary/aromatic N) is 2. The molecule has 0 aliphatic rings. The highest BCUT2D eigenvalue weighted by Crippen LogP contribution is 2.43. The van der Waals surface area contributed by atoms with E-state index in [0.29, 0.717) is 0 Å². The minimum Gasteiger partial charge on any atom is -0.543 e. The number of oxime groups is 2. The van der Waals surface area contributed by atoms with E-state index < -0.39 is 29.0 Å². The predicted octanol–water partition coefficient (Wildman–Crippen LogP) is 7.98. The van der Waals surface area contributed by atoms with Gasteiger partial charge in [0.05, 0.1) is 0 Å². The first kappa shape index (κ1) is 30.2. The molecule has 0 atom stereocenters. The van der Waals surface area contributed by atoms with Crippen LogP contribution in [-0.4, -0.2) is 40.4 Å². The lowest BCUT2D eigenvalue weighted by Crippen LogP contribution is -2.37. The van der Waals surface area contributed by atoms with E-state index in [1.165, 1.54) is 0 Å². The summed E-state index contributed by atoms with van der Waals surface area (Å²) in [4.78, 5) is 0. The molecule has 0 aliphatic heterocycles. The van der Waals surface area contributed by atoms with Crippen molar-refractivity contribution in [1.82, 2.24) is 0 Å². The van der Waals surface area contributed by atoms with Crippen LogP contribution in [0.3, 0.4) is 0 Å². The Morgan fingerprint density at radius 3 is 0.750 bits per heavy atom. The summed E-state index contributed by atoms with van der Waals surface area (Å²) in [6.45, 7) is 34.8. The molecule has 0 amide bonds. The van der Waals surface area contributed by atoms with Gasteiger partial charge >= 0.3 is 29.0 Å². The second kappa shape index (κ2) is 11.4. The third-order valence-corrected chi connectivity index (χ3v) is 10.8. The molecule has 6 heteroatoms. The van der Waals surface area contributed by atoms with E-state index in [-0.39, 0.29) is 17.1 Å². The van der Waals surface area contributed by atoms with E-state index >= 15 is 0 Å². The van der Waals surface area contributed by atoms with E-state index in [9.17, 15) is 0 Å². The van der Waals surface area contributed by atoms with Gasteiger partial charge in [-0.1, -0.05) is 83.1 Å². The highest BCUT2D eigenvalue weighted by molar-refractivity contribution is 6.59. The molecule has 0 saturated carbocycles. The molecule has 28 heavy (non-hydrogen) atoms. The summed E-state index contributed by atoms with van der Waals surface area (Å²) in [5.74, 6) is 0. The Kier molecular flexibility index (Phi) is 12.3. The van der Waals surface area contributed by atoms with Crippen molar-refractivity contribution in [3.8, 4) is 0 Å². The van der Waals surface area contributed by atoms with Crippen molar-refractivity contribution in [3.05, 3.63) is 0 Å². The molecular weight excluding hydrogens is 378 g/mol.